The molecular weight excluding hydrogens is 383 g/mol. The molecule has 0 atom stereocenters. The molecule has 4 N–H and O–H groups in total. The van der Waals surface area contributed by atoms with Crippen LogP contribution in [0, 0.1) is 0 Å². The lowest BCUT2D eigenvalue weighted by molar-refractivity contribution is -0.379. The van der Waals surface area contributed by atoms with E-state index in [1.807, 2.05) is 24.3 Å². The predicted molar refractivity (Wildman–Crippen MR) is 103 cm³/mol. The van der Waals surface area contributed by atoms with Crippen LogP contribution in [-0.4, -0.2) is 12.1 Å². The number of halogens is 3. The minimum atomic E-state index is -0.585. The highest BCUT2D eigenvalue weighted by molar-refractivity contribution is 6.45. The maximum absolute atomic E-state index is 12.2. The Hall–Kier alpha value is -1.82. The number of rotatable bonds is 3. The van der Waals surface area contributed by atoms with E-state index in [-0.39, 0.29) is 32.0 Å². The number of hydrogen-bond donors (Lipinski definition) is 2. The van der Waals surface area contributed by atoms with Gasteiger partial charge in [-0.25, -0.2) is 5.43 Å². The highest BCUT2D eigenvalue weighted by Gasteiger charge is 2.25. The minimum Gasteiger partial charge on any atom is -0.396 e. The molecule has 1 aromatic carbocycles. The van der Waals surface area contributed by atoms with Crippen molar-refractivity contribution in [1.29, 1.82) is 0 Å². The molecule has 1 amide bonds. The number of nitrogen functional groups attached to an aromatic ring is 1. The molecule has 132 valence electrons. The van der Waals surface area contributed by atoms with Crippen molar-refractivity contribution in [2.75, 3.05) is 5.73 Å². The number of aromatic nitrogens is 1. The van der Waals surface area contributed by atoms with Gasteiger partial charge in [0.05, 0.1) is 11.9 Å². The van der Waals surface area contributed by atoms with E-state index in [0.717, 1.165) is 5.56 Å². The number of benzene rings is 1. The Bertz CT molecular complexity index is 827. The molecular formula is C17H18Cl3N4O+. The lowest BCUT2D eigenvalue weighted by Gasteiger charge is -2.18. The quantitative estimate of drug-likeness (QED) is 0.462. The van der Waals surface area contributed by atoms with Crippen LogP contribution in [0.3, 0.4) is 0 Å². The van der Waals surface area contributed by atoms with Crippen LogP contribution >= 0.6 is 34.8 Å². The number of hydrazone groups is 1. The number of amides is 1. The van der Waals surface area contributed by atoms with E-state index in [1.165, 1.54) is 11.8 Å². The van der Waals surface area contributed by atoms with Crippen LogP contribution in [-0.2, 0) is 5.41 Å². The van der Waals surface area contributed by atoms with E-state index in [1.54, 1.807) is 0 Å². The predicted octanol–water partition coefficient (Wildman–Crippen LogP) is 4.10. The third kappa shape index (κ3) is 4.63. The molecule has 2 aromatic rings. The number of pyridine rings is 1. The standard InChI is InChI=1S/C17H17Cl3N4O/c1-17(2,3)10-6-4-9(5-7-10)8-22-24-16(25)14-11(18)13(21)12(19)15(20)23-14/h4-8H,1-3H3,(H2,21,23)(H,24,25)/p+1/b22-8-. The summed E-state index contributed by atoms with van der Waals surface area (Å²) in [6.07, 6.45) is 1.53. The van der Waals surface area contributed by atoms with E-state index >= 15 is 0 Å². The molecule has 0 fully saturated rings. The van der Waals surface area contributed by atoms with Crippen LogP contribution in [0.1, 0.15) is 42.4 Å². The first-order valence-corrected chi connectivity index (χ1v) is 8.54. The average Bonchev–Trinajstić information content (AvgIpc) is 2.55. The third-order valence-corrected chi connectivity index (χ3v) is 4.67. The van der Waals surface area contributed by atoms with Gasteiger partial charge in [0.2, 0.25) is 0 Å². The van der Waals surface area contributed by atoms with Crippen molar-refractivity contribution in [3.05, 3.63) is 56.3 Å². The number of carbonyl (C=O) groups is 1. The fourth-order valence-electron chi connectivity index (χ4n) is 2.02. The molecule has 0 spiro atoms. The Balaban J connectivity index is 2.11. The molecule has 0 bridgehead atoms. The molecule has 0 saturated carbocycles. The molecule has 0 saturated heterocycles. The average molecular weight is 401 g/mol. The summed E-state index contributed by atoms with van der Waals surface area (Å²) < 4.78 is 0. The lowest BCUT2D eigenvalue weighted by atomic mass is 9.87. The van der Waals surface area contributed by atoms with Crippen molar-refractivity contribution < 1.29 is 9.78 Å². The number of nitrogens with two attached hydrogens (primary N) is 1. The number of nitrogens with one attached hydrogen (secondary N) is 2. The van der Waals surface area contributed by atoms with Crippen molar-refractivity contribution in [3.63, 3.8) is 0 Å². The Morgan fingerprint density at radius 1 is 1.16 bits per heavy atom. The maximum Gasteiger partial charge on any atom is 0.337 e. The normalized spacial score (nSPS) is 11.8. The zero-order valence-electron chi connectivity index (χ0n) is 14.0. The van der Waals surface area contributed by atoms with Gasteiger partial charge in [-0.05, 0) is 28.1 Å². The Kier molecular flexibility index (Phi) is 5.93. The van der Waals surface area contributed by atoms with Crippen molar-refractivity contribution >= 4 is 52.6 Å². The maximum atomic E-state index is 12.2. The summed E-state index contributed by atoms with van der Waals surface area (Å²) in [5.74, 6) is -0.585. The Morgan fingerprint density at radius 2 is 1.76 bits per heavy atom. The summed E-state index contributed by atoms with van der Waals surface area (Å²) in [5.41, 5.74) is 10.2. The molecule has 2 rings (SSSR count). The number of anilines is 1. The molecule has 8 heteroatoms. The summed E-state index contributed by atoms with van der Waals surface area (Å²) in [7, 11) is 0. The number of carbonyl (C=O) groups excluding carboxylic acids is 1. The molecule has 0 aliphatic carbocycles. The lowest BCUT2D eigenvalue weighted by Crippen LogP contribution is -2.28. The first-order chi connectivity index (χ1) is 11.6. The van der Waals surface area contributed by atoms with E-state index in [0.29, 0.717) is 0 Å². The number of nitrogens with zero attached hydrogens (tertiary/aromatic N) is 1. The van der Waals surface area contributed by atoms with Crippen molar-refractivity contribution in [2.24, 2.45) is 5.10 Å². The fraction of sp³-hybridized carbons (Fsp3) is 0.235. The van der Waals surface area contributed by atoms with E-state index in [4.69, 9.17) is 40.5 Å². The van der Waals surface area contributed by atoms with E-state index in [9.17, 15) is 4.79 Å². The van der Waals surface area contributed by atoms with E-state index < -0.39 is 5.91 Å². The molecule has 0 unspecified atom stereocenters. The molecule has 0 aliphatic rings. The van der Waals surface area contributed by atoms with Crippen LogP contribution in [0.25, 0.3) is 0 Å². The summed E-state index contributed by atoms with van der Waals surface area (Å²) in [6.45, 7) is 6.42. The largest absolute Gasteiger partial charge is 0.396 e. The fourth-order valence-corrected chi connectivity index (χ4v) is 2.63. The second-order valence-electron chi connectivity index (χ2n) is 6.43. The van der Waals surface area contributed by atoms with Gasteiger partial charge in [0.25, 0.3) is 10.8 Å². The topological polar surface area (TPSA) is 81.6 Å². The van der Waals surface area contributed by atoms with Gasteiger partial charge < -0.3 is 5.73 Å². The van der Waals surface area contributed by atoms with Crippen LogP contribution in [0.4, 0.5) is 5.69 Å². The van der Waals surface area contributed by atoms with Crippen molar-refractivity contribution in [3.8, 4) is 0 Å². The summed E-state index contributed by atoms with van der Waals surface area (Å²) in [4.78, 5) is 14.8. The van der Waals surface area contributed by atoms with Crippen LogP contribution < -0.4 is 16.1 Å². The molecule has 25 heavy (non-hydrogen) atoms. The molecule has 0 radical (unpaired) electrons. The first kappa shape index (κ1) is 19.5. The summed E-state index contributed by atoms with van der Waals surface area (Å²) in [5, 5.41) is 3.98. The van der Waals surface area contributed by atoms with Gasteiger partial charge in [0.1, 0.15) is 10.0 Å². The number of H-pyrrole nitrogens is 1. The molecule has 0 aliphatic heterocycles. The Labute approximate surface area is 161 Å². The number of aromatic amines is 1. The minimum absolute atomic E-state index is 0.0170. The third-order valence-electron chi connectivity index (χ3n) is 3.50. The zero-order valence-corrected chi connectivity index (χ0v) is 16.2. The molecule has 5 nitrogen and oxygen atoms in total. The van der Waals surface area contributed by atoms with Gasteiger partial charge in [-0.15, -0.1) is 0 Å². The highest BCUT2D eigenvalue weighted by Crippen LogP contribution is 2.31. The SMILES string of the molecule is CC(C)(C)c1ccc(/C=N\NC(=O)c2[nH+]c(Cl)c(Cl)c(N)c2Cl)cc1. The van der Waals surface area contributed by atoms with Crippen LogP contribution in [0.2, 0.25) is 15.2 Å². The van der Waals surface area contributed by atoms with Crippen LogP contribution in [0.15, 0.2) is 29.4 Å². The van der Waals surface area contributed by atoms with Gasteiger partial charge in [0.15, 0.2) is 0 Å². The first-order valence-electron chi connectivity index (χ1n) is 7.40. The highest BCUT2D eigenvalue weighted by atomic mass is 35.5. The number of hydrogen-bond acceptors (Lipinski definition) is 3. The molecule has 1 heterocycles. The second kappa shape index (κ2) is 7.60. The van der Waals surface area contributed by atoms with Crippen molar-refractivity contribution in [2.45, 2.75) is 26.2 Å². The summed E-state index contributed by atoms with van der Waals surface area (Å²) >= 11 is 17.7. The second-order valence-corrected chi connectivity index (χ2v) is 7.56. The van der Waals surface area contributed by atoms with Gasteiger partial charge in [-0.2, -0.15) is 10.1 Å². The Morgan fingerprint density at radius 3 is 2.32 bits per heavy atom. The van der Waals surface area contributed by atoms with Crippen molar-refractivity contribution in [1.82, 2.24) is 5.43 Å². The van der Waals surface area contributed by atoms with Gasteiger partial charge in [0, 0.05) is 0 Å². The van der Waals surface area contributed by atoms with Crippen LogP contribution in [0.5, 0.6) is 0 Å². The van der Waals surface area contributed by atoms with Gasteiger partial charge >= 0.3 is 5.91 Å². The smallest absolute Gasteiger partial charge is 0.337 e. The van der Waals surface area contributed by atoms with Gasteiger partial charge in [-0.3, -0.25) is 4.79 Å². The zero-order chi connectivity index (χ0) is 18.8. The molecule has 1 aromatic heterocycles. The van der Waals surface area contributed by atoms with E-state index in [2.05, 4.69) is 36.3 Å². The van der Waals surface area contributed by atoms with Gasteiger partial charge in [-0.1, -0.05) is 68.2 Å². The monoisotopic (exact) mass is 399 g/mol. The summed E-state index contributed by atoms with van der Waals surface area (Å²) in [6, 6.07) is 7.89.